The number of imidazole rings is 1. The van der Waals surface area contributed by atoms with Gasteiger partial charge in [0.15, 0.2) is 0 Å². The molecule has 1 atom stereocenters. The molecular formula is C18H22N6O. The van der Waals surface area contributed by atoms with Gasteiger partial charge >= 0.3 is 6.03 Å². The summed E-state index contributed by atoms with van der Waals surface area (Å²) in [5.74, 6) is 0. The minimum Gasteiger partial charge on any atom is -0.335 e. The van der Waals surface area contributed by atoms with E-state index in [2.05, 4.69) is 20.7 Å². The van der Waals surface area contributed by atoms with Crippen LogP contribution in [-0.2, 0) is 6.54 Å². The molecule has 0 bridgehead atoms. The fraction of sp³-hybridized carbons (Fsp3) is 0.278. The number of carbonyl (C=O) groups is 1. The summed E-state index contributed by atoms with van der Waals surface area (Å²) < 4.78 is 3.79. The number of hydrogen-bond donors (Lipinski definition) is 2. The quantitative estimate of drug-likeness (QED) is 0.751. The van der Waals surface area contributed by atoms with E-state index < -0.39 is 0 Å². The van der Waals surface area contributed by atoms with E-state index >= 15 is 0 Å². The molecule has 0 aliphatic heterocycles. The summed E-state index contributed by atoms with van der Waals surface area (Å²) in [6, 6.07) is 9.38. The van der Waals surface area contributed by atoms with E-state index in [4.69, 9.17) is 0 Å². The predicted molar refractivity (Wildman–Crippen MR) is 96.9 cm³/mol. The number of hydrogen-bond acceptors (Lipinski definition) is 3. The van der Waals surface area contributed by atoms with Crippen LogP contribution in [-0.4, -0.2) is 31.4 Å². The van der Waals surface area contributed by atoms with Crippen LogP contribution < -0.4 is 10.6 Å². The molecule has 0 spiro atoms. The molecule has 0 aliphatic rings. The molecule has 2 amide bonds. The first kappa shape index (κ1) is 16.8. The van der Waals surface area contributed by atoms with Gasteiger partial charge in [-0.05, 0) is 45.0 Å². The number of nitrogens with one attached hydrogen (secondary N) is 2. The molecule has 0 fully saturated rings. The smallest absolute Gasteiger partial charge is 0.319 e. The molecule has 0 aliphatic carbocycles. The van der Waals surface area contributed by atoms with Crippen molar-refractivity contribution in [1.29, 1.82) is 0 Å². The van der Waals surface area contributed by atoms with E-state index in [-0.39, 0.29) is 12.1 Å². The lowest BCUT2D eigenvalue weighted by Gasteiger charge is -2.15. The average Bonchev–Trinajstić information content (AvgIpc) is 3.16. The predicted octanol–water partition coefficient (Wildman–Crippen LogP) is 2.90. The Morgan fingerprint density at radius 3 is 2.80 bits per heavy atom. The Kier molecular flexibility index (Phi) is 4.83. The highest BCUT2D eigenvalue weighted by Gasteiger charge is 2.09. The molecule has 25 heavy (non-hydrogen) atoms. The molecular weight excluding hydrogens is 316 g/mol. The highest BCUT2D eigenvalue weighted by molar-refractivity contribution is 5.89. The number of amides is 2. The maximum Gasteiger partial charge on any atom is 0.319 e. The van der Waals surface area contributed by atoms with Crippen molar-refractivity contribution >= 4 is 11.7 Å². The Bertz CT molecular complexity index is 852. The van der Waals surface area contributed by atoms with Gasteiger partial charge < -0.3 is 15.2 Å². The fourth-order valence-corrected chi connectivity index (χ4v) is 2.75. The van der Waals surface area contributed by atoms with Gasteiger partial charge in [-0.1, -0.05) is 6.07 Å². The molecule has 0 radical (unpaired) electrons. The lowest BCUT2D eigenvalue weighted by Crippen LogP contribution is -2.38. The molecule has 1 unspecified atom stereocenters. The number of aryl methyl sites for hydroxylation is 2. The van der Waals surface area contributed by atoms with Gasteiger partial charge in [0.2, 0.25) is 0 Å². The molecule has 130 valence electrons. The number of carbonyl (C=O) groups excluding carboxylic acids is 1. The third-order valence-corrected chi connectivity index (χ3v) is 3.78. The van der Waals surface area contributed by atoms with Crippen molar-refractivity contribution in [2.45, 2.75) is 33.4 Å². The van der Waals surface area contributed by atoms with Gasteiger partial charge in [-0.15, -0.1) is 0 Å². The van der Waals surface area contributed by atoms with E-state index in [0.29, 0.717) is 6.54 Å². The topological polar surface area (TPSA) is 76.8 Å². The molecule has 2 aromatic heterocycles. The molecule has 1 aromatic carbocycles. The minimum absolute atomic E-state index is 0.0200. The summed E-state index contributed by atoms with van der Waals surface area (Å²) in [4.78, 5) is 16.2. The maximum absolute atomic E-state index is 12.2. The highest BCUT2D eigenvalue weighted by Crippen LogP contribution is 2.16. The van der Waals surface area contributed by atoms with Crippen molar-refractivity contribution in [2.75, 3.05) is 5.32 Å². The molecule has 3 rings (SSSR count). The van der Waals surface area contributed by atoms with Crippen LogP contribution in [0.1, 0.15) is 18.3 Å². The summed E-state index contributed by atoms with van der Waals surface area (Å²) in [6.45, 7) is 6.58. The first-order chi connectivity index (χ1) is 12.0. The second kappa shape index (κ2) is 7.21. The Morgan fingerprint density at radius 1 is 1.28 bits per heavy atom. The number of anilines is 1. The monoisotopic (exact) mass is 338 g/mol. The highest BCUT2D eigenvalue weighted by atomic mass is 16.2. The number of aromatic nitrogens is 4. The Balaban J connectivity index is 1.63. The van der Waals surface area contributed by atoms with Crippen LogP contribution in [0.4, 0.5) is 10.5 Å². The molecule has 0 saturated carbocycles. The maximum atomic E-state index is 12.2. The van der Waals surface area contributed by atoms with Crippen molar-refractivity contribution in [3.05, 3.63) is 60.4 Å². The van der Waals surface area contributed by atoms with Crippen molar-refractivity contribution in [2.24, 2.45) is 0 Å². The van der Waals surface area contributed by atoms with Gasteiger partial charge in [-0.2, -0.15) is 5.10 Å². The zero-order valence-electron chi connectivity index (χ0n) is 14.6. The molecule has 7 heteroatoms. The summed E-state index contributed by atoms with van der Waals surface area (Å²) in [5.41, 5.74) is 3.64. The third kappa shape index (κ3) is 4.26. The summed E-state index contributed by atoms with van der Waals surface area (Å²) in [5, 5.41) is 10.3. The number of urea groups is 1. The second-order valence-corrected chi connectivity index (χ2v) is 6.15. The third-order valence-electron chi connectivity index (χ3n) is 3.78. The summed E-state index contributed by atoms with van der Waals surface area (Å²) in [7, 11) is 0. The van der Waals surface area contributed by atoms with Crippen molar-refractivity contribution in [3.63, 3.8) is 0 Å². The molecule has 2 heterocycles. The van der Waals surface area contributed by atoms with E-state index in [1.807, 2.05) is 66.5 Å². The lowest BCUT2D eigenvalue weighted by molar-refractivity contribution is 0.248. The Labute approximate surface area is 146 Å². The first-order valence-electron chi connectivity index (χ1n) is 8.18. The standard InChI is InChI=1S/C18H22N6O/c1-13-9-15(3)24(22-13)17-6-4-5-16(10-17)21-18(25)20-14(2)11-23-8-7-19-12-23/h4-10,12,14H,11H2,1-3H3,(H2,20,21,25). The minimum atomic E-state index is -0.238. The summed E-state index contributed by atoms with van der Waals surface area (Å²) in [6.07, 6.45) is 5.32. The van der Waals surface area contributed by atoms with Crippen LogP contribution in [0.2, 0.25) is 0 Å². The molecule has 7 nitrogen and oxygen atoms in total. The van der Waals surface area contributed by atoms with Crippen LogP contribution in [0, 0.1) is 13.8 Å². The number of rotatable bonds is 5. The Hall–Kier alpha value is -3.09. The van der Waals surface area contributed by atoms with Crippen LogP contribution in [0.3, 0.4) is 0 Å². The van der Waals surface area contributed by atoms with E-state index in [1.165, 1.54) is 0 Å². The van der Waals surface area contributed by atoms with Gasteiger partial charge in [-0.25, -0.2) is 14.5 Å². The van der Waals surface area contributed by atoms with Gasteiger partial charge in [0.25, 0.3) is 0 Å². The summed E-state index contributed by atoms with van der Waals surface area (Å²) >= 11 is 0. The van der Waals surface area contributed by atoms with Crippen molar-refractivity contribution in [1.82, 2.24) is 24.6 Å². The van der Waals surface area contributed by atoms with Crippen molar-refractivity contribution < 1.29 is 4.79 Å². The number of benzene rings is 1. The second-order valence-electron chi connectivity index (χ2n) is 6.15. The lowest BCUT2D eigenvalue weighted by atomic mass is 10.2. The van der Waals surface area contributed by atoms with Crippen molar-refractivity contribution in [3.8, 4) is 5.69 Å². The first-order valence-corrected chi connectivity index (χ1v) is 8.18. The largest absolute Gasteiger partial charge is 0.335 e. The van der Waals surface area contributed by atoms with E-state index in [0.717, 1.165) is 22.8 Å². The van der Waals surface area contributed by atoms with Crippen LogP contribution >= 0.6 is 0 Å². The van der Waals surface area contributed by atoms with Gasteiger partial charge in [-0.3, -0.25) is 0 Å². The van der Waals surface area contributed by atoms with Crippen LogP contribution in [0.15, 0.2) is 49.1 Å². The van der Waals surface area contributed by atoms with Gasteiger partial charge in [0, 0.05) is 36.4 Å². The Morgan fingerprint density at radius 2 is 2.12 bits per heavy atom. The van der Waals surface area contributed by atoms with Gasteiger partial charge in [0.1, 0.15) is 0 Å². The van der Waals surface area contributed by atoms with E-state index in [9.17, 15) is 4.79 Å². The molecule has 0 saturated heterocycles. The SMILES string of the molecule is Cc1cc(C)n(-c2cccc(NC(=O)NC(C)Cn3ccnc3)c2)n1. The van der Waals surface area contributed by atoms with Gasteiger partial charge in [0.05, 0.1) is 17.7 Å². The zero-order chi connectivity index (χ0) is 17.8. The average molecular weight is 338 g/mol. The molecule has 3 aromatic rings. The normalized spacial score (nSPS) is 12.0. The number of nitrogens with zero attached hydrogens (tertiary/aromatic N) is 4. The van der Waals surface area contributed by atoms with Crippen LogP contribution in [0.25, 0.3) is 5.69 Å². The molecule has 2 N–H and O–H groups in total. The van der Waals surface area contributed by atoms with E-state index in [1.54, 1.807) is 12.5 Å². The van der Waals surface area contributed by atoms with Crippen LogP contribution in [0.5, 0.6) is 0 Å². The zero-order valence-corrected chi connectivity index (χ0v) is 14.6. The fourth-order valence-electron chi connectivity index (χ4n) is 2.75.